The Morgan fingerprint density at radius 1 is 1.42 bits per heavy atom. The zero-order valence-electron chi connectivity index (χ0n) is 10.7. The largest absolute Gasteiger partial charge is 0.388 e. The number of benzene rings is 1. The van der Waals surface area contributed by atoms with Gasteiger partial charge < -0.3 is 5.11 Å². The van der Waals surface area contributed by atoms with Crippen molar-refractivity contribution in [2.24, 2.45) is 0 Å². The first kappa shape index (κ1) is 14.1. The lowest BCUT2D eigenvalue weighted by Crippen LogP contribution is -2.13. The molecule has 0 amide bonds. The number of hydrogen-bond acceptors (Lipinski definition) is 3. The Kier molecular flexibility index (Phi) is 4.31. The summed E-state index contributed by atoms with van der Waals surface area (Å²) in [7, 11) is 0. The molecule has 1 N–H and O–H groups in total. The maximum Gasteiger partial charge on any atom is 0.138 e. The first-order chi connectivity index (χ1) is 8.99. The number of aliphatic hydroxyl groups is 1. The smallest absolute Gasteiger partial charge is 0.138 e. The van der Waals surface area contributed by atoms with Gasteiger partial charge in [0.2, 0.25) is 0 Å². The third-order valence-corrected chi connectivity index (χ3v) is 3.32. The molecule has 1 aromatic carbocycles. The molecule has 1 unspecified atom stereocenters. The summed E-state index contributed by atoms with van der Waals surface area (Å²) in [6.07, 6.45) is 0.726. The zero-order chi connectivity index (χ0) is 14.0. The van der Waals surface area contributed by atoms with Crippen molar-refractivity contribution in [1.82, 2.24) is 14.8 Å². The SMILES string of the molecule is CC(C)n1ncnc1CC(O)c1cc(Br)ccc1F. The molecule has 0 saturated carbocycles. The summed E-state index contributed by atoms with van der Waals surface area (Å²) in [5.74, 6) is 0.216. The Hall–Kier alpha value is -1.27. The van der Waals surface area contributed by atoms with E-state index in [0.29, 0.717) is 5.82 Å². The van der Waals surface area contributed by atoms with Gasteiger partial charge in [0, 0.05) is 22.5 Å². The second-order valence-electron chi connectivity index (χ2n) is 4.60. The van der Waals surface area contributed by atoms with E-state index in [1.54, 1.807) is 16.8 Å². The van der Waals surface area contributed by atoms with E-state index < -0.39 is 11.9 Å². The summed E-state index contributed by atoms with van der Waals surface area (Å²) >= 11 is 3.27. The van der Waals surface area contributed by atoms with Gasteiger partial charge in [-0.05, 0) is 32.0 Å². The van der Waals surface area contributed by atoms with E-state index in [1.807, 2.05) is 13.8 Å². The van der Waals surface area contributed by atoms with Crippen LogP contribution in [0.15, 0.2) is 29.0 Å². The second-order valence-corrected chi connectivity index (χ2v) is 5.52. The van der Waals surface area contributed by atoms with Gasteiger partial charge in [0.25, 0.3) is 0 Å². The topological polar surface area (TPSA) is 50.9 Å². The number of aromatic nitrogens is 3. The predicted octanol–water partition coefficient (Wildman–Crippen LogP) is 3.04. The molecular weight excluding hydrogens is 313 g/mol. The van der Waals surface area contributed by atoms with E-state index in [9.17, 15) is 9.50 Å². The Morgan fingerprint density at radius 2 is 2.16 bits per heavy atom. The average Bonchev–Trinajstić information content (AvgIpc) is 2.80. The van der Waals surface area contributed by atoms with Crippen molar-refractivity contribution in [3.8, 4) is 0 Å². The lowest BCUT2D eigenvalue weighted by atomic mass is 10.1. The van der Waals surface area contributed by atoms with Gasteiger partial charge in [-0.2, -0.15) is 5.10 Å². The summed E-state index contributed by atoms with van der Waals surface area (Å²) in [6, 6.07) is 4.66. The molecule has 19 heavy (non-hydrogen) atoms. The number of rotatable bonds is 4. The van der Waals surface area contributed by atoms with E-state index in [4.69, 9.17) is 0 Å². The minimum absolute atomic E-state index is 0.150. The van der Waals surface area contributed by atoms with Crippen LogP contribution in [0.4, 0.5) is 4.39 Å². The minimum atomic E-state index is -0.945. The maximum absolute atomic E-state index is 13.7. The predicted molar refractivity (Wildman–Crippen MR) is 73.2 cm³/mol. The fourth-order valence-corrected chi connectivity index (χ4v) is 2.28. The van der Waals surface area contributed by atoms with Crippen LogP contribution >= 0.6 is 15.9 Å². The molecule has 1 heterocycles. The summed E-state index contributed by atoms with van der Waals surface area (Å²) < 4.78 is 16.1. The fourth-order valence-electron chi connectivity index (χ4n) is 1.90. The molecule has 2 rings (SSSR count). The van der Waals surface area contributed by atoms with Gasteiger partial charge in [0.15, 0.2) is 0 Å². The van der Waals surface area contributed by atoms with Gasteiger partial charge in [-0.3, -0.25) is 0 Å². The molecular formula is C13H15BrFN3O. The molecule has 0 radical (unpaired) electrons. The van der Waals surface area contributed by atoms with Crippen molar-refractivity contribution < 1.29 is 9.50 Å². The van der Waals surface area contributed by atoms with Crippen molar-refractivity contribution >= 4 is 15.9 Å². The molecule has 1 aromatic heterocycles. The van der Waals surface area contributed by atoms with Gasteiger partial charge in [-0.15, -0.1) is 0 Å². The van der Waals surface area contributed by atoms with Crippen molar-refractivity contribution in [3.05, 3.63) is 46.2 Å². The Bertz CT molecular complexity index is 571. The molecule has 0 aliphatic heterocycles. The quantitative estimate of drug-likeness (QED) is 0.939. The Labute approximate surface area is 119 Å². The molecule has 6 heteroatoms. The highest BCUT2D eigenvalue weighted by Crippen LogP contribution is 2.24. The highest BCUT2D eigenvalue weighted by Gasteiger charge is 2.18. The van der Waals surface area contributed by atoms with Gasteiger partial charge in [0.1, 0.15) is 18.0 Å². The van der Waals surface area contributed by atoms with Crippen LogP contribution in [0.2, 0.25) is 0 Å². The van der Waals surface area contributed by atoms with Crippen molar-refractivity contribution in [3.63, 3.8) is 0 Å². The van der Waals surface area contributed by atoms with E-state index in [2.05, 4.69) is 26.0 Å². The number of aliphatic hydroxyl groups excluding tert-OH is 1. The van der Waals surface area contributed by atoms with Gasteiger partial charge >= 0.3 is 0 Å². The lowest BCUT2D eigenvalue weighted by molar-refractivity contribution is 0.168. The molecule has 4 nitrogen and oxygen atoms in total. The van der Waals surface area contributed by atoms with E-state index in [-0.39, 0.29) is 18.0 Å². The van der Waals surface area contributed by atoms with Crippen LogP contribution in [0.1, 0.15) is 37.4 Å². The molecule has 0 bridgehead atoms. The Morgan fingerprint density at radius 3 is 2.84 bits per heavy atom. The van der Waals surface area contributed by atoms with Gasteiger partial charge in [-0.25, -0.2) is 14.1 Å². The number of hydrogen-bond donors (Lipinski definition) is 1. The summed E-state index contributed by atoms with van der Waals surface area (Å²) in [4.78, 5) is 4.11. The van der Waals surface area contributed by atoms with Crippen LogP contribution in [0.25, 0.3) is 0 Å². The number of nitrogens with zero attached hydrogens (tertiary/aromatic N) is 3. The summed E-state index contributed by atoms with van der Waals surface area (Å²) in [5, 5.41) is 14.3. The van der Waals surface area contributed by atoms with Gasteiger partial charge in [-0.1, -0.05) is 15.9 Å². The van der Waals surface area contributed by atoms with Crippen molar-refractivity contribution in [2.75, 3.05) is 0 Å². The molecule has 0 saturated heterocycles. The third-order valence-electron chi connectivity index (χ3n) is 2.83. The van der Waals surface area contributed by atoms with Crippen LogP contribution in [-0.4, -0.2) is 19.9 Å². The summed E-state index contributed by atoms with van der Waals surface area (Å²) in [5.41, 5.74) is 0.257. The number of halogens is 2. The standard InChI is InChI=1S/C13H15BrFN3O/c1-8(2)18-13(16-7-17-18)6-12(19)10-5-9(14)3-4-11(10)15/h3-5,7-8,12,19H,6H2,1-2H3. The first-order valence-electron chi connectivity index (χ1n) is 6.00. The highest BCUT2D eigenvalue weighted by molar-refractivity contribution is 9.10. The van der Waals surface area contributed by atoms with Crippen LogP contribution in [0, 0.1) is 5.82 Å². The first-order valence-corrected chi connectivity index (χ1v) is 6.79. The normalized spacial score (nSPS) is 12.9. The highest BCUT2D eigenvalue weighted by atomic mass is 79.9. The zero-order valence-corrected chi connectivity index (χ0v) is 12.3. The maximum atomic E-state index is 13.7. The molecule has 0 spiro atoms. The lowest BCUT2D eigenvalue weighted by Gasteiger charge is -2.14. The molecule has 102 valence electrons. The molecule has 0 aliphatic carbocycles. The van der Waals surface area contributed by atoms with Crippen LogP contribution in [0.3, 0.4) is 0 Å². The monoisotopic (exact) mass is 327 g/mol. The Balaban J connectivity index is 2.23. The van der Waals surface area contributed by atoms with Crippen molar-refractivity contribution in [1.29, 1.82) is 0 Å². The molecule has 0 aliphatic rings. The third kappa shape index (κ3) is 3.19. The fraction of sp³-hybridized carbons (Fsp3) is 0.385. The molecule has 2 aromatic rings. The minimum Gasteiger partial charge on any atom is -0.388 e. The van der Waals surface area contributed by atoms with E-state index >= 15 is 0 Å². The van der Waals surface area contributed by atoms with Gasteiger partial charge in [0.05, 0.1) is 6.10 Å². The van der Waals surface area contributed by atoms with Crippen LogP contribution < -0.4 is 0 Å². The van der Waals surface area contributed by atoms with Crippen LogP contribution in [-0.2, 0) is 6.42 Å². The second kappa shape index (κ2) is 5.79. The molecule has 0 fully saturated rings. The summed E-state index contributed by atoms with van der Waals surface area (Å²) in [6.45, 7) is 3.95. The van der Waals surface area contributed by atoms with E-state index in [1.165, 1.54) is 12.4 Å². The average molecular weight is 328 g/mol. The molecule has 1 atom stereocenters. The van der Waals surface area contributed by atoms with E-state index in [0.717, 1.165) is 4.47 Å². The van der Waals surface area contributed by atoms with Crippen LogP contribution in [0.5, 0.6) is 0 Å². The van der Waals surface area contributed by atoms with Crippen molar-refractivity contribution in [2.45, 2.75) is 32.4 Å².